The molecule has 4 aromatic rings. The lowest BCUT2D eigenvalue weighted by atomic mass is 10.2. The summed E-state index contributed by atoms with van der Waals surface area (Å²) in [5.74, 6) is 0.405. The van der Waals surface area contributed by atoms with E-state index in [2.05, 4.69) is 20.6 Å². The van der Waals surface area contributed by atoms with Crippen molar-refractivity contribution in [3.05, 3.63) is 96.6 Å². The molecule has 29 heavy (non-hydrogen) atoms. The number of rotatable bonds is 6. The molecule has 0 fully saturated rings. The number of amides is 1. The highest BCUT2D eigenvalue weighted by Gasteiger charge is 2.13. The number of hydrogen-bond acceptors (Lipinski definition) is 4. The lowest BCUT2D eigenvalue weighted by Gasteiger charge is -2.05. The molecule has 0 atom stereocenters. The summed E-state index contributed by atoms with van der Waals surface area (Å²) >= 11 is 0. The zero-order chi connectivity index (χ0) is 20.1. The molecule has 1 amide bonds. The predicted molar refractivity (Wildman–Crippen MR) is 114 cm³/mol. The second-order valence-corrected chi connectivity index (χ2v) is 6.68. The van der Waals surface area contributed by atoms with Crippen LogP contribution in [0.1, 0.15) is 16.1 Å². The highest BCUT2D eigenvalue weighted by molar-refractivity contribution is 5.94. The average Bonchev–Trinajstić information content (AvgIpc) is 3.16. The highest BCUT2D eigenvalue weighted by atomic mass is 16.1. The third kappa shape index (κ3) is 4.50. The van der Waals surface area contributed by atoms with Crippen molar-refractivity contribution in [1.82, 2.24) is 19.9 Å². The van der Waals surface area contributed by atoms with Gasteiger partial charge in [0.2, 0.25) is 5.95 Å². The Morgan fingerprint density at radius 3 is 2.28 bits per heavy atom. The van der Waals surface area contributed by atoms with E-state index in [1.807, 2.05) is 84.5 Å². The van der Waals surface area contributed by atoms with E-state index in [9.17, 15) is 4.79 Å². The van der Waals surface area contributed by atoms with Gasteiger partial charge in [0.15, 0.2) is 0 Å². The molecule has 0 saturated heterocycles. The molecule has 2 N–H and O–H groups in total. The molecule has 0 aliphatic rings. The van der Waals surface area contributed by atoms with E-state index in [-0.39, 0.29) is 5.91 Å². The molecule has 6 heteroatoms. The van der Waals surface area contributed by atoms with Crippen LogP contribution in [-0.4, -0.2) is 20.4 Å². The maximum atomic E-state index is 12.6. The third-order valence-corrected chi connectivity index (χ3v) is 4.55. The van der Waals surface area contributed by atoms with Crippen molar-refractivity contribution in [2.24, 2.45) is 7.05 Å². The Kier molecular flexibility index (Phi) is 5.33. The molecule has 4 rings (SSSR count). The maximum absolute atomic E-state index is 12.6. The Morgan fingerprint density at radius 1 is 0.931 bits per heavy atom. The first-order valence-electron chi connectivity index (χ1n) is 9.32. The molecule has 0 spiro atoms. The topological polar surface area (TPSA) is 71.8 Å². The summed E-state index contributed by atoms with van der Waals surface area (Å²) in [7, 11) is 1.85. The number of nitrogens with zero attached hydrogens (tertiary/aromatic N) is 3. The monoisotopic (exact) mass is 383 g/mol. The van der Waals surface area contributed by atoms with E-state index in [0.29, 0.717) is 18.2 Å². The number of aryl methyl sites for hydroxylation is 1. The Balaban J connectivity index is 1.45. The summed E-state index contributed by atoms with van der Waals surface area (Å²) in [6.45, 7) is 0.489. The first-order valence-corrected chi connectivity index (χ1v) is 9.32. The van der Waals surface area contributed by atoms with Crippen LogP contribution >= 0.6 is 0 Å². The summed E-state index contributed by atoms with van der Waals surface area (Å²) in [4.78, 5) is 21.3. The number of aromatic nitrogens is 3. The lowest BCUT2D eigenvalue weighted by molar-refractivity contribution is 0.0943. The summed E-state index contributed by atoms with van der Waals surface area (Å²) in [5, 5.41) is 6.11. The van der Waals surface area contributed by atoms with Gasteiger partial charge in [0, 0.05) is 49.0 Å². The number of benzene rings is 2. The number of para-hydroxylation sites is 1. The fourth-order valence-electron chi connectivity index (χ4n) is 3.01. The number of hydrogen-bond donors (Lipinski definition) is 2. The van der Waals surface area contributed by atoms with Gasteiger partial charge in [-0.25, -0.2) is 9.97 Å². The van der Waals surface area contributed by atoms with Gasteiger partial charge in [0.1, 0.15) is 5.69 Å². The van der Waals surface area contributed by atoms with Crippen LogP contribution in [0.3, 0.4) is 0 Å². The van der Waals surface area contributed by atoms with Crippen molar-refractivity contribution in [3.8, 4) is 11.1 Å². The molecular formula is C23H21N5O. The van der Waals surface area contributed by atoms with Gasteiger partial charge in [-0.2, -0.15) is 0 Å². The van der Waals surface area contributed by atoms with Gasteiger partial charge in [-0.1, -0.05) is 48.5 Å². The molecule has 0 aliphatic carbocycles. The van der Waals surface area contributed by atoms with Crippen molar-refractivity contribution < 1.29 is 4.79 Å². The molecule has 0 radical (unpaired) electrons. The Morgan fingerprint density at radius 2 is 1.59 bits per heavy atom. The molecule has 2 heterocycles. The van der Waals surface area contributed by atoms with Crippen molar-refractivity contribution in [2.75, 3.05) is 5.32 Å². The molecular weight excluding hydrogens is 362 g/mol. The molecule has 6 nitrogen and oxygen atoms in total. The van der Waals surface area contributed by atoms with Crippen molar-refractivity contribution in [3.63, 3.8) is 0 Å². The Labute approximate surface area is 169 Å². The Hall–Kier alpha value is -3.93. The van der Waals surface area contributed by atoms with E-state index in [1.54, 1.807) is 12.4 Å². The zero-order valence-electron chi connectivity index (χ0n) is 16.0. The van der Waals surface area contributed by atoms with E-state index in [0.717, 1.165) is 22.4 Å². The first-order chi connectivity index (χ1) is 14.2. The SMILES string of the molecule is Cn1cc(-c2cnc(Nc3ccccc3)nc2)cc1C(=O)NCc1ccccc1. The van der Waals surface area contributed by atoms with Crippen LogP contribution < -0.4 is 10.6 Å². The van der Waals surface area contributed by atoms with E-state index in [4.69, 9.17) is 0 Å². The summed E-state index contributed by atoms with van der Waals surface area (Å²) in [5.41, 5.74) is 4.31. The van der Waals surface area contributed by atoms with Gasteiger partial charge in [-0.05, 0) is 23.8 Å². The van der Waals surface area contributed by atoms with Gasteiger partial charge >= 0.3 is 0 Å². The largest absolute Gasteiger partial charge is 0.347 e. The molecule has 0 aliphatic heterocycles. The average molecular weight is 383 g/mol. The van der Waals surface area contributed by atoms with Crippen LogP contribution in [0.5, 0.6) is 0 Å². The van der Waals surface area contributed by atoms with E-state index in [1.165, 1.54) is 0 Å². The zero-order valence-corrected chi connectivity index (χ0v) is 16.0. The smallest absolute Gasteiger partial charge is 0.268 e. The molecule has 0 saturated carbocycles. The second-order valence-electron chi connectivity index (χ2n) is 6.68. The van der Waals surface area contributed by atoms with Crippen molar-refractivity contribution in [2.45, 2.75) is 6.54 Å². The molecule has 2 aromatic heterocycles. The van der Waals surface area contributed by atoms with Crippen LogP contribution in [0, 0.1) is 0 Å². The van der Waals surface area contributed by atoms with Crippen LogP contribution in [-0.2, 0) is 13.6 Å². The molecule has 144 valence electrons. The molecule has 0 unspecified atom stereocenters. The number of carbonyl (C=O) groups is 1. The summed E-state index contributed by atoms with van der Waals surface area (Å²) < 4.78 is 1.81. The van der Waals surface area contributed by atoms with E-state index < -0.39 is 0 Å². The van der Waals surface area contributed by atoms with Gasteiger partial charge < -0.3 is 15.2 Å². The Bertz CT molecular complexity index is 1090. The summed E-state index contributed by atoms with van der Waals surface area (Å²) in [6, 6.07) is 21.5. The van der Waals surface area contributed by atoms with Gasteiger partial charge in [-0.3, -0.25) is 4.79 Å². The minimum absolute atomic E-state index is 0.120. The predicted octanol–water partition coefficient (Wildman–Crippen LogP) is 4.16. The quantitative estimate of drug-likeness (QED) is 0.525. The van der Waals surface area contributed by atoms with Gasteiger partial charge in [0.05, 0.1) is 0 Å². The summed E-state index contributed by atoms with van der Waals surface area (Å²) in [6.07, 6.45) is 5.40. The van der Waals surface area contributed by atoms with Crippen LogP contribution in [0.2, 0.25) is 0 Å². The van der Waals surface area contributed by atoms with Crippen LogP contribution in [0.25, 0.3) is 11.1 Å². The third-order valence-electron chi connectivity index (χ3n) is 4.55. The molecule has 2 aromatic carbocycles. The fraction of sp³-hybridized carbons (Fsp3) is 0.0870. The van der Waals surface area contributed by atoms with Gasteiger partial charge in [-0.15, -0.1) is 0 Å². The van der Waals surface area contributed by atoms with E-state index >= 15 is 0 Å². The van der Waals surface area contributed by atoms with Gasteiger partial charge in [0.25, 0.3) is 5.91 Å². The van der Waals surface area contributed by atoms with Crippen molar-refractivity contribution in [1.29, 1.82) is 0 Å². The normalized spacial score (nSPS) is 10.5. The van der Waals surface area contributed by atoms with Crippen LogP contribution in [0.15, 0.2) is 85.3 Å². The number of carbonyl (C=O) groups excluding carboxylic acids is 1. The number of nitrogens with one attached hydrogen (secondary N) is 2. The second kappa shape index (κ2) is 8.39. The van der Waals surface area contributed by atoms with Crippen LogP contribution in [0.4, 0.5) is 11.6 Å². The fourth-order valence-corrected chi connectivity index (χ4v) is 3.01. The first kappa shape index (κ1) is 18.4. The standard InChI is InChI=1S/C23H21N5O/c1-28-16-18(12-21(28)22(29)24-13-17-8-4-2-5-9-17)19-14-25-23(26-15-19)27-20-10-6-3-7-11-20/h2-12,14-16H,13H2,1H3,(H,24,29)(H,25,26,27). The minimum atomic E-state index is -0.120. The lowest BCUT2D eigenvalue weighted by Crippen LogP contribution is -2.24. The minimum Gasteiger partial charge on any atom is -0.347 e. The maximum Gasteiger partial charge on any atom is 0.268 e. The molecule has 0 bridgehead atoms. The number of anilines is 2. The highest BCUT2D eigenvalue weighted by Crippen LogP contribution is 2.22. The van der Waals surface area contributed by atoms with Crippen molar-refractivity contribution >= 4 is 17.5 Å².